The van der Waals surface area contributed by atoms with E-state index in [4.69, 9.17) is 0 Å². The van der Waals surface area contributed by atoms with Crippen molar-refractivity contribution in [3.63, 3.8) is 0 Å². The first kappa shape index (κ1) is 13.8. The van der Waals surface area contributed by atoms with E-state index in [1.165, 1.54) is 22.3 Å². The minimum absolute atomic E-state index is 0.347. The Morgan fingerprint density at radius 1 is 1.26 bits per heavy atom. The fourth-order valence-corrected chi connectivity index (χ4v) is 2.52. The number of hydrogen-bond acceptors (Lipinski definition) is 2. The third-order valence-corrected chi connectivity index (χ3v) is 3.57. The van der Waals surface area contributed by atoms with Crippen LogP contribution in [0.3, 0.4) is 0 Å². The molecule has 0 fully saturated rings. The first-order valence-corrected chi connectivity index (χ1v) is 6.90. The van der Waals surface area contributed by atoms with Gasteiger partial charge in [0.15, 0.2) is 0 Å². The van der Waals surface area contributed by atoms with Crippen molar-refractivity contribution < 1.29 is 0 Å². The molecule has 19 heavy (non-hydrogen) atoms. The topological polar surface area (TPSA) is 24.9 Å². The maximum atomic E-state index is 4.23. The molecule has 2 rings (SSSR count). The zero-order valence-corrected chi connectivity index (χ0v) is 12.0. The molecule has 1 unspecified atom stereocenters. The average molecular weight is 254 g/mol. The van der Waals surface area contributed by atoms with Crippen LogP contribution in [0.4, 0.5) is 0 Å². The molecule has 0 saturated carbocycles. The third kappa shape index (κ3) is 3.42. The van der Waals surface area contributed by atoms with Crippen molar-refractivity contribution in [2.24, 2.45) is 0 Å². The van der Waals surface area contributed by atoms with E-state index < -0.39 is 0 Å². The van der Waals surface area contributed by atoms with Crippen LogP contribution in [0.25, 0.3) is 0 Å². The van der Waals surface area contributed by atoms with Crippen molar-refractivity contribution in [1.29, 1.82) is 0 Å². The predicted octanol–water partition coefficient (Wildman–Crippen LogP) is 3.46. The molecular formula is C17H22N2. The molecule has 0 bridgehead atoms. The number of pyridine rings is 1. The highest BCUT2D eigenvalue weighted by Crippen LogP contribution is 2.22. The fraction of sp³-hybridized carbons (Fsp3) is 0.353. The van der Waals surface area contributed by atoms with Gasteiger partial charge in [0.1, 0.15) is 0 Å². The first-order chi connectivity index (χ1) is 9.24. The second-order valence-electron chi connectivity index (χ2n) is 4.96. The molecular weight excluding hydrogens is 232 g/mol. The summed E-state index contributed by atoms with van der Waals surface area (Å²) in [6.45, 7) is 4.32. The molecule has 0 spiro atoms. The van der Waals surface area contributed by atoms with Crippen LogP contribution in [-0.4, -0.2) is 12.0 Å². The summed E-state index contributed by atoms with van der Waals surface area (Å²) in [5, 5.41) is 3.43. The zero-order valence-electron chi connectivity index (χ0n) is 12.0. The van der Waals surface area contributed by atoms with E-state index in [9.17, 15) is 0 Å². The van der Waals surface area contributed by atoms with Crippen molar-refractivity contribution in [3.05, 3.63) is 65.0 Å². The van der Waals surface area contributed by atoms with Gasteiger partial charge < -0.3 is 5.32 Å². The van der Waals surface area contributed by atoms with Gasteiger partial charge in [-0.25, -0.2) is 0 Å². The van der Waals surface area contributed by atoms with Crippen LogP contribution in [0.5, 0.6) is 0 Å². The number of nitrogens with zero attached hydrogens (tertiary/aromatic N) is 1. The SMILES string of the molecule is CCc1cnccc1C(Cc1cccc(C)c1)NC. The first-order valence-electron chi connectivity index (χ1n) is 6.90. The van der Waals surface area contributed by atoms with Gasteiger partial charge in [-0.3, -0.25) is 4.98 Å². The van der Waals surface area contributed by atoms with Crippen LogP contribution in [0, 0.1) is 6.92 Å². The van der Waals surface area contributed by atoms with Gasteiger partial charge in [-0.1, -0.05) is 36.8 Å². The highest BCUT2D eigenvalue weighted by Gasteiger charge is 2.13. The minimum Gasteiger partial charge on any atom is -0.313 e. The van der Waals surface area contributed by atoms with Crippen LogP contribution < -0.4 is 5.32 Å². The summed E-state index contributed by atoms with van der Waals surface area (Å²) in [6.07, 6.45) is 5.90. The highest BCUT2D eigenvalue weighted by atomic mass is 14.9. The average Bonchev–Trinajstić information content (AvgIpc) is 2.45. The Balaban J connectivity index is 2.25. The number of likely N-dealkylation sites (N-methyl/N-ethyl adjacent to an activating group) is 1. The Morgan fingerprint density at radius 3 is 2.79 bits per heavy atom. The number of hydrogen-bond donors (Lipinski definition) is 1. The number of rotatable bonds is 5. The van der Waals surface area contributed by atoms with Gasteiger partial charge in [0, 0.05) is 18.4 Å². The van der Waals surface area contributed by atoms with E-state index in [0.717, 1.165) is 12.8 Å². The number of aryl methyl sites for hydroxylation is 2. The molecule has 1 aromatic heterocycles. The molecule has 2 nitrogen and oxygen atoms in total. The number of benzene rings is 1. The van der Waals surface area contributed by atoms with E-state index in [0.29, 0.717) is 6.04 Å². The number of aromatic nitrogens is 1. The molecule has 100 valence electrons. The van der Waals surface area contributed by atoms with Crippen molar-refractivity contribution in [2.75, 3.05) is 7.05 Å². The summed E-state index contributed by atoms with van der Waals surface area (Å²) >= 11 is 0. The molecule has 1 N–H and O–H groups in total. The van der Waals surface area contributed by atoms with Crippen LogP contribution in [-0.2, 0) is 12.8 Å². The smallest absolute Gasteiger partial charge is 0.0362 e. The molecule has 0 aliphatic carbocycles. The van der Waals surface area contributed by atoms with Crippen LogP contribution >= 0.6 is 0 Å². The monoisotopic (exact) mass is 254 g/mol. The predicted molar refractivity (Wildman–Crippen MR) is 80.3 cm³/mol. The molecule has 0 saturated heterocycles. The molecule has 1 atom stereocenters. The van der Waals surface area contributed by atoms with Gasteiger partial charge in [0.2, 0.25) is 0 Å². The normalized spacial score (nSPS) is 12.4. The lowest BCUT2D eigenvalue weighted by molar-refractivity contribution is 0.585. The second-order valence-corrected chi connectivity index (χ2v) is 4.96. The van der Waals surface area contributed by atoms with Crippen LogP contribution in [0.2, 0.25) is 0 Å². The molecule has 0 aliphatic rings. The molecule has 0 radical (unpaired) electrons. The van der Waals surface area contributed by atoms with Gasteiger partial charge in [0.25, 0.3) is 0 Å². The van der Waals surface area contributed by atoms with Gasteiger partial charge in [0.05, 0.1) is 0 Å². The lowest BCUT2D eigenvalue weighted by Crippen LogP contribution is -2.20. The van der Waals surface area contributed by atoms with Gasteiger partial charge >= 0.3 is 0 Å². The Morgan fingerprint density at radius 2 is 2.11 bits per heavy atom. The quantitative estimate of drug-likeness (QED) is 0.884. The molecule has 1 heterocycles. The van der Waals surface area contributed by atoms with Crippen molar-refractivity contribution in [1.82, 2.24) is 10.3 Å². The zero-order chi connectivity index (χ0) is 13.7. The molecule has 0 aliphatic heterocycles. The fourth-order valence-electron chi connectivity index (χ4n) is 2.52. The number of nitrogens with one attached hydrogen (secondary N) is 1. The van der Waals surface area contributed by atoms with E-state index in [2.05, 4.69) is 54.5 Å². The lowest BCUT2D eigenvalue weighted by Gasteiger charge is -2.19. The molecule has 2 heteroatoms. The van der Waals surface area contributed by atoms with Crippen molar-refractivity contribution in [3.8, 4) is 0 Å². The minimum atomic E-state index is 0.347. The third-order valence-electron chi connectivity index (χ3n) is 3.57. The molecule has 0 amide bonds. The molecule has 1 aromatic carbocycles. The Kier molecular flexibility index (Phi) is 4.69. The van der Waals surface area contributed by atoms with E-state index in [1.54, 1.807) is 0 Å². The highest BCUT2D eigenvalue weighted by molar-refractivity contribution is 5.30. The van der Waals surface area contributed by atoms with E-state index in [-0.39, 0.29) is 0 Å². The Hall–Kier alpha value is -1.67. The summed E-state index contributed by atoms with van der Waals surface area (Å²) in [5.41, 5.74) is 5.38. The Labute approximate surface area is 115 Å². The lowest BCUT2D eigenvalue weighted by atomic mass is 9.95. The summed E-state index contributed by atoms with van der Waals surface area (Å²) in [7, 11) is 2.03. The summed E-state index contributed by atoms with van der Waals surface area (Å²) in [6, 6.07) is 11.2. The maximum Gasteiger partial charge on any atom is 0.0362 e. The maximum absolute atomic E-state index is 4.23. The summed E-state index contributed by atoms with van der Waals surface area (Å²) in [4.78, 5) is 4.23. The molecule has 2 aromatic rings. The van der Waals surface area contributed by atoms with E-state index in [1.807, 2.05) is 19.4 Å². The van der Waals surface area contributed by atoms with E-state index >= 15 is 0 Å². The largest absolute Gasteiger partial charge is 0.313 e. The van der Waals surface area contributed by atoms with Gasteiger partial charge in [-0.05, 0) is 49.6 Å². The van der Waals surface area contributed by atoms with Gasteiger partial charge in [-0.2, -0.15) is 0 Å². The van der Waals surface area contributed by atoms with Gasteiger partial charge in [-0.15, -0.1) is 0 Å². The van der Waals surface area contributed by atoms with Crippen molar-refractivity contribution in [2.45, 2.75) is 32.7 Å². The van der Waals surface area contributed by atoms with Crippen LogP contribution in [0.15, 0.2) is 42.7 Å². The summed E-state index contributed by atoms with van der Waals surface area (Å²) < 4.78 is 0. The van der Waals surface area contributed by atoms with Crippen molar-refractivity contribution >= 4 is 0 Å². The second kappa shape index (κ2) is 6.48. The standard InChI is InChI=1S/C17H22N2/c1-4-15-12-19-9-8-16(15)17(18-3)11-14-7-5-6-13(2)10-14/h5-10,12,17-18H,4,11H2,1-3H3. The van der Waals surface area contributed by atoms with Crippen LogP contribution in [0.1, 0.15) is 35.2 Å². The Bertz CT molecular complexity index is 534. The summed E-state index contributed by atoms with van der Waals surface area (Å²) in [5.74, 6) is 0.